The maximum absolute atomic E-state index is 12.2. The Hall–Kier alpha value is -3.50. The lowest BCUT2D eigenvalue weighted by atomic mass is 9.93. The van der Waals surface area contributed by atoms with Crippen molar-refractivity contribution in [2.75, 3.05) is 18.5 Å². The number of rotatable bonds is 6. The number of anilines is 1. The van der Waals surface area contributed by atoms with E-state index in [2.05, 4.69) is 27.3 Å². The number of nitriles is 1. The minimum atomic E-state index is -0.164. The van der Waals surface area contributed by atoms with Gasteiger partial charge in [0, 0.05) is 35.6 Å². The highest BCUT2D eigenvalue weighted by Crippen LogP contribution is 2.45. The van der Waals surface area contributed by atoms with E-state index < -0.39 is 0 Å². The lowest BCUT2D eigenvalue weighted by Gasteiger charge is -2.26. The van der Waals surface area contributed by atoms with Crippen molar-refractivity contribution >= 4 is 22.6 Å². The predicted octanol–water partition coefficient (Wildman–Crippen LogP) is 5.36. The predicted molar refractivity (Wildman–Crippen MR) is 130 cm³/mol. The van der Waals surface area contributed by atoms with E-state index in [1.165, 1.54) is 6.42 Å². The van der Waals surface area contributed by atoms with Crippen LogP contribution in [0.3, 0.4) is 0 Å². The largest absolute Gasteiger partial charge is 0.488 e. The molecule has 1 unspecified atom stereocenters. The van der Waals surface area contributed by atoms with Crippen molar-refractivity contribution in [3.8, 4) is 23.1 Å². The second kappa shape index (κ2) is 8.69. The first-order valence-electron chi connectivity index (χ1n) is 12.2. The van der Waals surface area contributed by atoms with Gasteiger partial charge in [-0.2, -0.15) is 5.26 Å². The topological polar surface area (TPSA) is 88.3 Å². The van der Waals surface area contributed by atoms with Gasteiger partial charge in [-0.3, -0.25) is 0 Å². The number of hydrogen-bond donors (Lipinski definition) is 2. The van der Waals surface area contributed by atoms with Crippen molar-refractivity contribution in [1.82, 2.24) is 9.88 Å². The van der Waals surface area contributed by atoms with E-state index in [9.17, 15) is 10.1 Å². The number of carbonyl (C=O) groups is 1. The highest BCUT2D eigenvalue weighted by molar-refractivity contribution is 5.96. The summed E-state index contributed by atoms with van der Waals surface area (Å²) in [6, 6.07) is 16.8. The molecule has 0 spiro atoms. The first kappa shape index (κ1) is 21.1. The van der Waals surface area contributed by atoms with Crippen LogP contribution < -0.4 is 15.4 Å². The molecule has 3 fully saturated rings. The molecule has 2 N–H and O–H groups in total. The molecule has 174 valence electrons. The Balaban J connectivity index is 1.32. The highest BCUT2D eigenvalue weighted by Gasteiger charge is 2.31. The third-order valence-corrected chi connectivity index (χ3v) is 7.05. The van der Waals surface area contributed by atoms with Gasteiger partial charge in [0.05, 0.1) is 30.0 Å². The molecule has 2 heterocycles. The van der Waals surface area contributed by atoms with Crippen LogP contribution in [0.4, 0.5) is 10.5 Å². The molecule has 2 amide bonds. The van der Waals surface area contributed by atoms with Crippen molar-refractivity contribution in [3.63, 3.8) is 0 Å². The van der Waals surface area contributed by atoms with Gasteiger partial charge in [0.2, 0.25) is 0 Å². The molecule has 1 saturated heterocycles. The molecule has 7 nitrogen and oxygen atoms in total. The zero-order valence-electron chi connectivity index (χ0n) is 19.0. The third-order valence-electron chi connectivity index (χ3n) is 7.05. The zero-order valence-corrected chi connectivity index (χ0v) is 19.0. The lowest BCUT2D eigenvalue weighted by Crippen LogP contribution is -2.41. The second-order valence-electron chi connectivity index (χ2n) is 9.52. The Morgan fingerprint density at radius 1 is 1.09 bits per heavy atom. The van der Waals surface area contributed by atoms with Crippen LogP contribution in [0.15, 0.2) is 42.5 Å². The average Bonchev–Trinajstić information content (AvgIpc) is 3.42. The Bertz CT molecular complexity index is 1260. The maximum Gasteiger partial charge on any atom is 0.319 e. The minimum absolute atomic E-state index is 0.0817. The fourth-order valence-corrected chi connectivity index (χ4v) is 4.89. The SMILES string of the molecule is N#Cc1c(-c2ccc(NC(=O)NC3CCC3)cc2)n(C2CC2)c2cc(OC3CCOC3)ccc12. The number of amides is 2. The molecule has 1 atom stereocenters. The molecule has 2 aromatic carbocycles. The Morgan fingerprint density at radius 2 is 1.91 bits per heavy atom. The molecule has 0 bridgehead atoms. The number of aromatic nitrogens is 1. The molecule has 7 heteroatoms. The summed E-state index contributed by atoms with van der Waals surface area (Å²) in [4.78, 5) is 12.2. The Morgan fingerprint density at radius 3 is 2.56 bits per heavy atom. The van der Waals surface area contributed by atoms with E-state index in [0.29, 0.717) is 24.3 Å². The molecule has 1 aliphatic heterocycles. The zero-order chi connectivity index (χ0) is 23.1. The Kier molecular flexibility index (Phi) is 5.39. The van der Waals surface area contributed by atoms with Crippen molar-refractivity contribution in [3.05, 3.63) is 48.0 Å². The summed E-state index contributed by atoms with van der Waals surface area (Å²) in [5, 5.41) is 17.0. The van der Waals surface area contributed by atoms with Gasteiger partial charge in [0.25, 0.3) is 0 Å². The number of urea groups is 1. The van der Waals surface area contributed by atoms with Crippen molar-refractivity contribution in [2.24, 2.45) is 0 Å². The summed E-state index contributed by atoms with van der Waals surface area (Å²) >= 11 is 0. The van der Waals surface area contributed by atoms with E-state index in [4.69, 9.17) is 9.47 Å². The maximum atomic E-state index is 12.2. The fourth-order valence-electron chi connectivity index (χ4n) is 4.89. The van der Waals surface area contributed by atoms with E-state index in [0.717, 1.165) is 72.3 Å². The van der Waals surface area contributed by atoms with Gasteiger partial charge in [0.15, 0.2) is 0 Å². The van der Waals surface area contributed by atoms with E-state index in [-0.39, 0.29) is 12.1 Å². The molecule has 34 heavy (non-hydrogen) atoms. The first-order valence-corrected chi connectivity index (χ1v) is 12.2. The minimum Gasteiger partial charge on any atom is -0.488 e. The van der Waals surface area contributed by atoms with Gasteiger partial charge >= 0.3 is 6.03 Å². The smallest absolute Gasteiger partial charge is 0.319 e. The van der Waals surface area contributed by atoms with Crippen LogP contribution >= 0.6 is 0 Å². The Labute approximate surface area is 198 Å². The summed E-state index contributed by atoms with van der Waals surface area (Å²) in [7, 11) is 0. The van der Waals surface area contributed by atoms with Gasteiger partial charge in [-0.05, 0) is 61.9 Å². The van der Waals surface area contributed by atoms with Gasteiger partial charge in [-0.1, -0.05) is 12.1 Å². The molecule has 3 aromatic rings. The number of hydrogen-bond acceptors (Lipinski definition) is 4. The van der Waals surface area contributed by atoms with Crippen LogP contribution in [0.5, 0.6) is 5.75 Å². The molecule has 1 aromatic heterocycles. The number of carbonyl (C=O) groups excluding carboxylic acids is 1. The van der Waals surface area contributed by atoms with Crippen LogP contribution in [-0.2, 0) is 4.74 Å². The summed E-state index contributed by atoms with van der Waals surface area (Å²) in [5.41, 5.74) is 4.36. The number of fused-ring (bicyclic) bond motifs is 1. The first-order chi connectivity index (χ1) is 16.7. The highest BCUT2D eigenvalue weighted by atomic mass is 16.5. The van der Waals surface area contributed by atoms with E-state index in [1.54, 1.807) is 0 Å². The third kappa shape index (κ3) is 3.99. The quantitative estimate of drug-likeness (QED) is 0.523. The number of nitrogens with zero attached hydrogens (tertiary/aromatic N) is 2. The van der Waals surface area contributed by atoms with Crippen LogP contribution in [0.1, 0.15) is 50.1 Å². The van der Waals surface area contributed by atoms with Crippen molar-refractivity contribution in [1.29, 1.82) is 5.26 Å². The van der Waals surface area contributed by atoms with Crippen LogP contribution in [0.2, 0.25) is 0 Å². The number of nitrogens with one attached hydrogen (secondary N) is 2. The number of ether oxygens (including phenoxy) is 2. The monoisotopic (exact) mass is 456 g/mol. The second-order valence-corrected chi connectivity index (χ2v) is 9.52. The summed E-state index contributed by atoms with van der Waals surface area (Å²) in [6.07, 6.45) is 6.47. The van der Waals surface area contributed by atoms with Gasteiger partial charge in [-0.15, -0.1) is 0 Å². The molecule has 3 aliphatic rings. The van der Waals surface area contributed by atoms with E-state index in [1.807, 2.05) is 36.4 Å². The summed E-state index contributed by atoms with van der Waals surface area (Å²) in [6.45, 7) is 1.36. The number of benzene rings is 2. The normalized spacial score (nSPS) is 20.0. The molecular weight excluding hydrogens is 428 g/mol. The summed E-state index contributed by atoms with van der Waals surface area (Å²) in [5.74, 6) is 0.815. The summed E-state index contributed by atoms with van der Waals surface area (Å²) < 4.78 is 13.9. The van der Waals surface area contributed by atoms with E-state index >= 15 is 0 Å². The van der Waals surface area contributed by atoms with Crippen molar-refractivity contribution < 1.29 is 14.3 Å². The molecule has 6 rings (SSSR count). The lowest BCUT2D eigenvalue weighted by molar-refractivity contribution is 0.141. The van der Waals surface area contributed by atoms with Crippen LogP contribution in [-0.4, -0.2) is 36.0 Å². The molecule has 0 radical (unpaired) electrons. The fraction of sp³-hybridized carbons (Fsp3) is 0.407. The van der Waals surface area contributed by atoms with Crippen LogP contribution in [0, 0.1) is 11.3 Å². The molecule has 2 aliphatic carbocycles. The van der Waals surface area contributed by atoms with Crippen LogP contribution in [0.25, 0.3) is 22.2 Å². The van der Waals surface area contributed by atoms with Gasteiger partial charge in [0.1, 0.15) is 17.9 Å². The average molecular weight is 457 g/mol. The molecular formula is C27H28N4O3. The van der Waals surface area contributed by atoms with Crippen molar-refractivity contribution in [2.45, 2.75) is 56.7 Å². The molecule has 2 saturated carbocycles. The standard InChI is InChI=1S/C27H28N4O3/c28-15-24-23-11-10-21(34-22-12-13-33-16-22)14-25(23)31(20-8-9-20)26(24)17-4-6-19(7-5-17)30-27(32)29-18-2-1-3-18/h4-7,10-11,14,18,20,22H,1-3,8-9,12-13,16H2,(H2,29,30,32). The van der Waals surface area contributed by atoms with Gasteiger partial charge < -0.3 is 24.7 Å². The van der Waals surface area contributed by atoms with Gasteiger partial charge in [-0.25, -0.2) is 4.79 Å².